The van der Waals surface area contributed by atoms with Crippen LogP contribution in [0, 0.1) is 29.5 Å². The normalized spacial score (nSPS) is 44.3. The van der Waals surface area contributed by atoms with Crippen LogP contribution in [-0.4, -0.2) is 56.0 Å². The van der Waals surface area contributed by atoms with Crippen LogP contribution < -0.4 is 9.80 Å². The molecule has 7 atom stereocenters. The second kappa shape index (κ2) is 6.92. The molecule has 3 heterocycles. The summed E-state index contributed by atoms with van der Waals surface area (Å²) < 4.78 is 26.8. The van der Waals surface area contributed by atoms with Gasteiger partial charge in [0, 0.05) is 11.8 Å². The number of ether oxygens (including phenoxy) is 2. The number of carbonyl (C=O) groups excluding carboxylic acids is 1. The van der Waals surface area contributed by atoms with Crippen LogP contribution in [0.4, 0.5) is 10.1 Å². The number of hydrogen-bond donors (Lipinski definition) is 1. The monoisotopic (exact) mass is 429 g/mol. The van der Waals surface area contributed by atoms with Crippen molar-refractivity contribution in [2.75, 3.05) is 37.6 Å². The summed E-state index contributed by atoms with van der Waals surface area (Å²) in [5.41, 5.74) is 0.220. The number of nitrogens with one attached hydrogen (secondary N) is 1. The fourth-order valence-electron chi connectivity index (χ4n) is 7.57. The highest BCUT2D eigenvalue weighted by Crippen LogP contribution is 2.66. The minimum atomic E-state index is -0.388. The quantitative estimate of drug-likeness (QED) is 0.590. The molecular weight excluding hydrogens is 395 g/mol. The number of carbonyl (C=O) groups is 1. The number of fused-ring (bicyclic) bond motifs is 1. The number of benzene rings is 1. The lowest BCUT2D eigenvalue weighted by Crippen LogP contribution is -3.15. The third-order valence-corrected chi connectivity index (χ3v) is 9.26. The van der Waals surface area contributed by atoms with Crippen molar-refractivity contribution >= 4 is 11.7 Å². The molecule has 0 aromatic heterocycles. The number of anilines is 1. The molecule has 31 heavy (non-hydrogen) atoms. The Kier molecular flexibility index (Phi) is 4.46. The first-order chi connectivity index (χ1) is 14.9. The molecule has 3 aliphatic heterocycles. The molecular formula is C25H34FN2O3+. The average Bonchev–Trinajstić information content (AvgIpc) is 3.39. The maximum Gasteiger partial charge on any atom is 0.315 e. The van der Waals surface area contributed by atoms with Gasteiger partial charge >= 0.3 is 5.97 Å². The molecule has 2 aliphatic carbocycles. The van der Waals surface area contributed by atoms with Crippen molar-refractivity contribution in [2.24, 2.45) is 23.7 Å². The number of epoxide rings is 1. The van der Waals surface area contributed by atoms with E-state index >= 15 is 0 Å². The molecule has 5 nitrogen and oxygen atoms in total. The Balaban J connectivity index is 1.17. The molecule has 6 heteroatoms. The van der Waals surface area contributed by atoms with Crippen LogP contribution in [0.5, 0.6) is 0 Å². The molecule has 1 spiro atoms. The number of para-hydroxylation sites is 1. The third-order valence-electron chi connectivity index (χ3n) is 9.26. The number of nitrogens with zero attached hydrogens (tertiary/aromatic N) is 1. The summed E-state index contributed by atoms with van der Waals surface area (Å²) in [5, 5.41) is 0. The van der Waals surface area contributed by atoms with E-state index in [1.165, 1.54) is 17.4 Å². The lowest BCUT2D eigenvalue weighted by Gasteiger charge is -2.50. The highest BCUT2D eigenvalue weighted by atomic mass is 19.1. The zero-order chi connectivity index (χ0) is 21.4. The molecule has 1 aromatic rings. The fourth-order valence-corrected chi connectivity index (χ4v) is 7.57. The van der Waals surface area contributed by atoms with Crippen molar-refractivity contribution in [1.82, 2.24) is 0 Å². The van der Waals surface area contributed by atoms with E-state index in [4.69, 9.17) is 9.47 Å². The van der Waals surface area contributed by atoms with E-state index < -0.39 is 0 Å². The predicted molar refractivity (Wildman–Crippen MR) is 114 cm³/mol. The largest absolute Gasteiger partial charge is 0.455 e. The van der Waals surface area contributed by atoms with Crippen molar-refractivity contribution in [3.63, 3.8) is 0 Å². The summed E-state index contributed by atoms with van der Waals surface area (Å²) in [5.74, 6) is 1.14. The number of halogens is 1. The maximum atomic E-state index is 14.2. The van der Waals surface area contributed by atoms with Gasteiger partial charge < -0.3 is 19.3 Å². The van der Waals surface area contributed by atoms with Crippen LogP contribution in [0.3, 0.4) is 0 Å². The van der Waals surface area contributed by atoms with Crippen LogP contribution in [0.2, 0.25) is 0 Å². The van der Waals surface area contributed by atoms with E-state index in [9.17, 15) is 9.18 Å². The maximum absolute atomic E-state index is 14.2. The average molecular weight is 430 g/mol. The van der Waals surface area contributed by atoms with Crippen LogP contribution in [0.25, 0.3) is 0 Å². The van der Waals surface area contributed by atoms with Gasteiger partial charge in [0.2, 0.25) is 0 Å². The molecule has 168 valence electrons. The van der Waals surface area contributed by atoms with Crippen molar-refractivity contribution in [1.29, 1.82) is 0 Å². The zero-order valence-corrected chi connectivity index (χ0v) is 18.6. The summed E-state index contributed by atoms with van der Waals surface area (Å²) in [4.78, 5) is 16.8. The van der Waals surface area contributed by atoms with Gasteiger partial charge in [-0.15, -0.1) is 0 Å². The van der Waals surface area contributed by atoms with Gasteiger partial charge in [0.25, 0.3) is 0 Å². The second-order valence-corrected chi connectivity index (χ2v) is 10.9. The van der Waals surface area contributed by atoms with E-state index in [0.29, 0.717) is 17.5 Å². The molecule has 0 amide bonds. The lowest BCUT2D eigenvalue weighted by atomic mass is 9.55. The summed E-state index contributed by atoms with van der Waals surface area (Å²) in [6.45, 7) is 8.86. The molecule has 1 aromatic carbocycles. The first kappa shape index (κ1) is 20.0. The minimum absolute atomic E-state index is 0.00730. The van der Waals surface area contributed by atoms with Crippen molar-refractivity contribution in [3.8, 4) is 0 Å². The molecule has 1 N–H and O–H groups in total. The molecule has 3 saturated heterocycles. The van der Waals surface area contributed by atoms with Gasteiger partial charge in [0.15, 0.2) is 0 Å². The number of quaternary nitrogens is 1. The van der Waals surface area contributed by atoms with Crippen LogP contribution in [0.1, 0.15) is 39.5 Å². The van der Waals surface area contributed by atoms with Gasteiger partial charge in [-0.3, -0.25) is 4.79 Å². The standard InChI is InChI=1S/C25H33FN2O3/c1-16-7-8-19-17(22(29)30-25(19)18(16)9-10-24(2)23(25)31-24)15-27-11-13-28(14-12-27)21-6-4-3-5-20(21)26/h3-6,16-19,23H,7-15H2,1-2H3/p+1. The molecule has 6 rings (SSSR count). The minimum Gasteiger partial charge on any atom is -0.455 e. The molecule has 0 radical (unpaired) electrons. The smallest absolute Gasteiger partial charge is 0.315 e. The topological polar surface area (TPSA) is 46.5 Å². The Morgan fingerprint density at radius 3 is 2.71 bits per heavy atom. The van der Waals surface area contributed by atoms with Crippen LogP contribution in [-0.2, 0) is 14.3 Å². The number of rotatable bonds is 3. The van der Waals surface area contributed by atoms with Crippen LogP contribution in [0.15, 0.2) is 24.3 Å². The van der Waals surface area contributed by atoms with Gasteiger partial charge in [-0.2, -0.15) is 0 Å². The van der Waals surface area contributed by atoms with Crippen molar-refractivity contribution in [3.05, 3.63) is 30.1 Å². The highest BCUT2D eigenvalue weighted by Gasteiger charge is 2.77. The Morgan fingerprint density at radius 1 is 1.16 bits per heavy atom. The van der Waals surface area contributed by atoms with Crippen molar-refractivity contribution < 1.29 is 23.6 Å². The van der Waals surface area contributed by atoms with Gasteiger partial charge in [-0.1, -0.05) is 19.1 Å². The summed E-state index contributed by atoms with van der Waals surface area (Å²) in [7, 11) is 0. The van der Waals surface area contributed by atoms with Gasteiger partial charge in [0.1, 0.15) is 23.4 Å². The lowest BCUT2D eigenvalue weighted by molar-refractivity contribution is -0.903. The summed E-state index contributed by atoms with van der Waals surface area (Å²) in [6, 6.07) is 7.02. The zero-order valence-electron chi connectivity index (χ0n) is 18.6. The Hall–Kier alpha value is -1.66. The molecule has 7 unspecified atom stereocenters. The van der Waals surface area contributed by atoms with Crippen molar-refractivity contribution in [2.45, 2.75) is 56.8 Å². The molecule has 5 fully saturated rings. The van der Waals surface area contributed by atoms with Gasteiger partial charge in [-0.25, -0.2) is 4.39 Å². The summed E-state index contributed by atoms with van der Waals surface area (Å²) in [6.07, 6.45) is 4.54. The molecule has 2 saturated carbocycles. The Morgan fingerprint density at radius 2 is 1.94 bits per heavy atom. The van der Waals surface area contributed by atoms with Crippen LogP contribution >= 0.6 is 0 Å². The second-order valence-electron chi connectivity index (χ2n) is 10.9. The molecule has 5 aliphatic rings. The number of piperazine rings is 1. The van der Waals surface area contributed by atoms with E-state index in [0.717, 1.165) is 52.0 Å². The number of esters is 1. The predicted octanol–water partition coefficient (Wildman–Crippen LogP) is 2.06. The Labute approximate surface area is 183 Å². The summed E-state index contributed by atoms with van der Waals surface area (Å²) >= 11 is 0. The van der Waals surface area contributed by atoms with E-state index in [-0.39, 0.29) is 40.9 Å². The molecule has 0 bridgehead atoms. The van der Waals surface area contributed by atoms with E-state index in [1.807, 2.05) is 12.1 Å². The Bertz CT molecular complexity index is 887. The fraction of sp³-hybridized carbons (Fsp3) is 0.720. The number of hydrogen-bond acceptors (Lipinski definition) is 4. The van der Waals surface area contributed by atoms with Gasteiger partial charge in [-0.05, 0) is 50.7 Å². The van der Waals surface area contributed by atoms with E-state index in [2.05, 4.69) is 18.7 Å². The first-order valence-corrected chi connectivity index (χ1v) is 12.2. The highest BCUT2D eigenvalue weighted by molar-refractivity contribution is 5.77. The first-order valence-electron chi connectivity index (χ1n) is 12.2. The van der Waals surface area contributed by atoms with Gasteiger partial charge in [0.05, 0.1) is 44.0 Å². The SMILES string of the molecule is CC1CCC2C(C[NH+]3CCN(c4ccccc4F)CC3)C(=O)OC23C1CCC1(C)OC13. The third kappa shape index (κ3) is 2.90. The van der Waals surface area contributed by atoms with E-state index in [1.54, 1.807) is 6.07 Å².